The molecule has 4 heterocycles. The number of aromatic nitrogens is 2. The van der Waals surface area contributed by atoms with Gasteiger partial charge in [-0.1, -0.05) is 72.8 Å². The molecule has 2 aliphatic heterocycles. The van der Waals surface area contributed by atoms with Gasteiger partial charge in [-0.25, -0.2) is 0 Å². The Bertz CT molecular complexity index is 2910. The van der Waals surface area contributed by atoms with Crippen molar-refractivity contribution >= 4 is 67.5 Å². The average Bonchev–Trinajstić information content (AvgIpc) is 3.70. The number of allylic oxidation sites excluding steroid dienone is 2. The van der Waals surface area contributed by atoms with Gasteiger partial charge in [0.05, 0.1) is 16.7 Å². The zero-order valence-electron chi connectivity index (χ0n) is 28.4. The summed E-state index contributed by atoms with van der Waals surface area (Å²) in [6.07, 6.45) is 13.6. The van der Waals surface area contributed by atoms with Crippen LogP contribution in [-0.4, -0.2) is 16.2 Å². The summed E-state index contributed by atoms with van der Waals surface area (Å²) < 4.78 is 4.91. The normalized spacial score (nSPS) is 14.8. The molecule has 1 N–H and O–H groups in total. The van der Waals surface area contributed by atoms with E-state index in [9.17, 15) is 0 Å². The minimum absolute atomic E-state index is 1.09. The number of rotatable bonds is 2. The van der Waals surface area contributed by atoms with Crippen LogP contribution in [-0.2, 0) is 12.8 Å². The summed E-state index contributed by atoms with van der Waals surface area (Å²) in [7, 11) is 2.23. The quantitative estimate of drug-likeness (QED) is 0.201. The number of benzene rings is 6. The van der Waals surface area contributed by atoms with Gasteiger partial charge in [0.15, 0.2) is 0 Å². The van der Waals surface area contributed by atoms with Gasteiger partial charge in [-0.2, -0.15) is 0 Å². The highest BCUT2D eigenvalue weighted by atomic mass is 15.1. The molecule has 0 bridgehead atoms. The molecule has 0 atom stereocenters. The molecular formula is C47H34N4. The highest BCUT2D eigenvalue weighted by Gasteiger charge is 2.29. The van der Waals surface area contributed by atoms with Crippen LogP contribution in [0.3, 0.4) is 0 Å². The fourth-order valence-corrected chi connectivity index (χ4v) is 9.69. The summed E-state index contributed by atoms with van der Waals surface area (Å²) in [6.45, 7) is 0. The number of nitrogens with one attached hydrogen (secondary N) is 1. The summed E-state index contributed by atoms with van der Waals surface area (Å²) in [5, 5.41) is 9.24. The lowest BCUT2D eigenvalue weighted by molar-refractivity contribution is 0.967. The molecule has 0 unspecified atom stereocenters. The van der Waals surface area contributed by atoms with Gasteiger partial charge in [-0.3, -0.25) is 0 Å². The maximum Gasteiger partial charge on any atom is 0.0537 e. The van der Waals surface area contributed by atoms with Gasteiger partial charge < -0.3 is 19.4 Å². The lowest BCUT2D eigenvalue weighted by Crippen LogP contribution is -2.16. The summed E-state index contributed by atoms with van der Waals surface area (Å²) in [4.78, 5) is 2.40. The smallest absolute Gasteiger partial charge is 0.0537 e. The predicted molar refractivity (Wildman–Crippen MR) is 215 cm³/mol. The van der Waals surface area contributed by atoms with E-state index in [4.69, 9.17) is 0 Å². The SMILES string of the molecule is CN1c2cc(-n3c4c(c5ccccc53)CCC=C4)ccc2-c2ccc3c4c(ccc1c24)Nc1cc(-n2c4c(c5ccccc52)CCC=C4)ccc1-3. The van der Waals surface area contributed by atoms with Crippen LogP contribution < -0.4 is 10.2 Å². The molecule has 2 aromatic heterocycles. The van der Waals surface area contributed by atoms with Gasteiger partial charge in [-0.15, -0.1) is 0 Å². The van der Waals surface area contributed by atoms with E-state index < -0.39 is 0 Å². The van der Waals surface area contributed by atoms with E-state index in [0.29, 0.717) is 0 Å². The molecule has 242 valence electrons. The summed E-state index contributed by atoms with van der Waals surface area (Å²) in [6, 6.07) is 41.0. The Hall–Kier alpha value is -6.26. The molecule has 0 saturated heterocycles. The molecule has 0 amide bonds. The molecule has 4 heteroatoms. The first-order valence-corrected chi connectivity index (χ1v) is 18.2. The molecule has 0 spiro atoms. The van der Waals surface area contributed by atoms with Gasteiger partial charge in [0, 0.05) is 79.5 Å². The Labute approximate surface area is 296 Å². The Morgan fingerprint density at radius 2 is 1.10 bits per heavy atom. The number of anilines is 4. The van der Waals surface area contributed by atoms with E-state index in [1.165, 1.54) is 106 Å². The van der Waals surface area contributed by atoms with Crippen molar-refractivity contribution in [3.8, 4) is 33.6 Å². The van der Waals surface area contributed by atoms with E-state index in [1.807, 2.05) is 0 Å². The van der Waals surface area contributed by atoms with Crippen molar-refractivity contribution in [3.63, 3.8) is 0 Å². The minimum Gasteiger partial charge on any atom is -0.354 e. The van der Waals surface area contributed by atoms with Crippen molar-refractivity contribution in [2.45, 2.75) is 25.7 Å². The van der Waals surface area contributed by atoms with Crippen LogP contribution in [0.4, 0.5) is 22.7 Å². The molecule has 4 aliphatic rings. The van der Waals surface area contributed by atoms with Crippen LogP contribution in [0.25, 0.3) is 78.4 Å². The number of hydrogen-bond donors (Lipinski definition) is 1. The number of hydrogen-bond acceptors (Lipinski definition) is 2. The largest absolute Gasteiger partial charge is 0.354 e. The lowest BCUT2D eigenvalue weighted by Gasteiger charge is -2.34. The third-order valence-corrected chi connectivity index (χ3v) is 11.9. The Morgan fingerprint density at radius 3 is 1.78 bits per heavy atom. The van der Waals surface area contributed by atoms with Crippen molar-refractivity contribution < 1.29 is 0 Å². The number of nitrogens with zero attached hydrogens (tertiary/aromatic N) is 3. The van der Waals surface area contributed by atoms with Crippen molar-refractivity contribution in [1.82, 2.24) is 9.13 Å². The summed E-state index contributed by atoms with van der Waals surface area (Å²) in [5.74, 6) is 0. The highest BCUT2D eigenvalue weighted by Crippen LogP contribution is 2.54. The molecule has 6 aromatic carbocycles. The highest BCUT2D eigenvalue weighted by molar-refractivity contribution is 6.22. The van der Waals surface area contributed by atoms with Crippen LogP contribution in [0.2, 0.25) is 0 Å². The molecule has 0 radical (unpaired) electrons. The van der Waals surface area contributed by atoms with Gasteiger partial charge in [0.2, 0.25) is 0 Å². The Morgan fingerprint density at radius 1 is 0.510 bits per heavy atom. The second kappa shape index (κ2) is 9.92. The van der Waals surface area contributed by atoms with Crippen molar-refractivity contribution in [3.05, 3.63) is 144 Å². The second-order valence-corrected chi connectivity index (χ2v) is 14.5. The summed E-state index contributed by atoms with van der Waals surface area (Å²) in [5.41, 5.74) is 20.4. The second-order valence-electron chi connectivity index (χ2n) is 14.5. The molecule has 51 heavy (non-hydrogen) atoms. The van der Waals surface area contributed by atoms with E-state index in [0.717, 1.165) is 31.4 Å². The zero-order valence-corrected chi connectivity index (χ0v) is 28.4. The zero-order chi connectivity index (χ0) is 33.4. The van der Waals surface area contributed by atoms with E-state index in [-0.39, 0.29) is 0 Å². The number of fused-ring (bicyclic) bond motifs is 10. The minimum atomic E-state index is 1.09. The van der Waals surface area contributed by atoms with Gasteiger partial charge in [0.1, 0.15) is 0 Å². The van der Waals surface area contributed by atoms with Crippen molar-refractivity contribution in [2.75, 3.05) is 17.3 Å². The molecule has 0 saturated carbocycles. The Balaban J connectivity index is 1.01. The molecule has 8 aromatic rings. The monoisotopic (exact) mass is 654 g/mol. The fourth-order valence-electron chi connectivity index (χ4n) is 9.69. The number of aryl methyl sites for hydroxylation is 2. The third kappa shape index (κ3) is 3.59. The first-order chi connectivity index (χ1) is 25.2. The van der Waals surface area contributed by atoms with E-state index in [2.05, 4.69) is 160 Å². The molecule has 12 rings (SSSR count). The molecule has 0 fully saturated rings. The summed E-state index contributed by atoms with van der Waals surface area (Å²) >= 11 is 0. The van der Waals surface area contributed by atoms with Crippen LogP contribution in [0.5, 0.6) is 0 Å². The van der Waals surface area contributed by atoms with E-state index in [1.54, 1.807) is 0 Å². The van der Waals surface area contributed by atoms with Crippen molar-refractivity contribution in [1.29, 1.82) is 0 Å². The van der Waals surface area contributed by atoms with Gasteiger partial charge in [0.25, 0.3) is 0 Å². The van der Waals surface area contributed by atoms with Crippen LogP contribution in [0.1, 0.15) is 35.4 Å². The van der Waals surface area contributed by atoms with E-state index >= 15 is 0 Å². The van der Waals surface area contributed by atoms with Crippen molar-refractivity contribution in [2.24, 2.45) is 0 Å². The topological polar surface area (TPSA) is 25.1 Å². The van der Waals surface area contributed by atoms with Crippen LogP contribution in [0.15, 0.2) is 121 Å². The van der Waals surface area contributed by atoms with Crippen LogP contribution in [0, 0.1) is 0 Å². The maximum atomic E-state index is 3.89. The predicted octanol–water partition coefficient (Wildman–Crippen LogP) is 12.1. The standard InChI is InChI=1S/C47H34N4/c1-49-44-25-24-38-46-36(30-20-18-28(26-39(30)48-38)50-40-14-6-2-10-31(40)32-11-3-7-15-41(32)50)22-23-37(47(44)46)35-21-19-29(27-45(35)49)51-42-16-8-4-12-33(42)34-13-5-9-17-43(34)51/h2,4,6-10,12,14-27,48H,3,5,11,13H2,1H3. The van der Waals surface area contributed by atoms with Gasteiger partial charge in [-0.05, 0) is 109 Å². The Kier molecular flexibility index (Phi) is 5.36. The average molecular weight is 655 g/mol. The number of para-hydroxylation sites is 2. The van der Waals surface area contributed by atoms with Gasteiger partial charge >= 0.3 is 0 Å². The lowest BCUT2D eigenvalue weighted by atomic mass is 9.85. The first kappa shape index (κ1) is 27.5. The molecule has 4 nitrogen and oxygen atoms in total. The molecule has 2 aliphatic carbocycles. The molecular weight excluding hydrogens is 621 g/mol. The third-order valence-electron chi connectivity index (χ3n) is 11.9. The first-order valence-electron chi connectivity index (χ1n) is 18.2. The van der Waals surface area contributed by atoms with Crippen LogP contribution >= 0.6 is 0 Å². The maximum absolute atomic E-state index is 3.89. The fraction of sp³-hybridized carbons (Fsp3) is 0.106.